The van der Waals surface area contributed by atoms with Crippen molar-refractivity contribution >= 4 is 22.8 Å². The molecule has 3 aromatic rings. The molecule has 1 saturated carbocycles. The Labute approximate surface area is 162 Å². The van der Waals surface area contributed by atoms with Crippen LogP contribution in [-0.4, -0.2) is 28.0 Å². The molecule has 1 amide bonds. The van der Waals surface area contributed by atoms with Crippen LogP contribution in [0, 0.1) is 19.7 Å². The van der Waals surface area contributed by atoms with E-state index >= 15 is 0 Å². The maximum atomic E-state index is 13.9. The summed E-state index contributed by atoms with van der Waals surface area (Å²) in [5, 5.41) is 6.86. The first kappa shape index (κ1) is 18.4. The van der Waals surface area contributed by atoms with Gasteiger partial charge in [-0.1, -0.05) is 17.7 Å². The lowest BCUT2D eigenvalue weighted by atomic mass is 10.1. The van der Waals surface area contributed by atoms with Crippen molar-refractivity contribution in [2.75, 3.05) is 11.9 Å². The first-order chi connectivity index (χ1) is 13.4. The van der Waals surface area contributed by atoms with E-state index in [1.54, 1.807) is 19.1 Å². The standard InChI is InChI=1S/C21H23FN4O2/c1-12-4-5-15(22)14(10-12)6-9-23-19(27)16-13(2)28-20-17(16)18(24-11-25-20)26-21(3)7-8-21/h4-5,10-11H,6-9H2,1-3H3,(H,23,27)(H,24,25,26). The normalized spacial score (nSPS) is 14.9. The number of nitrogens with one attached hydrogen (secondary N) is 2. The number of carbonyl (C=O) groups excluding carboxylic acids is 1. The van der Waals surface area contributed by atoms with Gasteiger partial charge in [0.15, 0.2) is 0 Å². The molecule has 0 spiro atoms. The minimum atomic E-state index is -0.275. The van der Waals surface area contributed by atoms with E-state index in [-0.39, 0.29) is 17.3 Å². The molecule has 4 rings (SSSR count). The number of anilines is 1. The van der Waals surface area contributed by atoms with Crippen molar-refractivity contribution in [3.05, 3.63) is 52.8 Å². The highest BCUT2D eigenvalue weighted by Gasteiger charge is 2.38. The van der Waals surface area contributed by atoms with Crippen LogP contribution < -0.4 is 10.6 Å². The summed E-state index contributed by atoms with van der Waals surface area (Å²) in [6, 6.07) is 4.98. The number of hydrogen-bond donors (Lipinski definition) is 2. The zero-order valence-electron chi connectivity index (χ0n) is 16.2. The van der Waals surface area contributed by atoms with Crippen LogP contribution in [0.3, 0.4) is 0 Å². The lowest BCUT2D eigenvalue weighted by Crippen LogP contribution is -2.26. The van der Waals surface area contributed by atoms with Crippen molar-refractivity contribution in [1.82, 2.24) is 15.3 Å². The van der Waals surface area contributed by atoms with E-state index in [0.29, 0.717) is 46.8 Å². The fourth-order valence-corrected chi connectivity index (χ4v) is 3.30. The average molecular weight is 382 g/mol. The monoisotopic (exact) mass is 382 g/mol. The number of benzene rings is 1. The molecule has 0 bridgehead atoms. The Balaban J connectivity index is 1.55. The van der Waals surface area contributed by atoms with Crippen LogP contribution in [0.1, 0.15) is 47.0 Å². The molecule has 2 N–H and O–H groups in total. The molecule has 6 nitrogen and oxygen atoms in total. The summed E-state index contributed by atoms with van der Waals surface area (Å²) < 4.78 is 19.6. The third-order valence-corrected chi connectivity index (χ3v) is 5.19. The summed E-state index contributed by atoms with van der Waals surface area (Å²) in [5.74, 6) is 0.556. The molecule has 2 aromatic heterocycles. The molecular weight excluding hydrogens is 359 g/mol. The van der Waals surface area contributed by atoms with E-state index in [1.807, 2.05) is 6.92 Å². The van der Waals surface area contributed by atoms with E-state index in [9.17, 15) is 9.18 Å². The molecule has 146 valence electrons. The molecule has 1 aliphatic carbocycles. The fourth-order valence-electron chi connectivity index (χ4n) is 3.30. The number of hydrogen-bond acceptors (Lipinski definition) is 5. The maximum Gasteiger partial charge on any atom is 0.255 e. The second-order valence-electron chi connectivity index (χ2n) is 7.72. The summed E-state index contributed by atoms with van der Waals surface area (Å²) in [7, 11) is 0. The second-order valence-corrected chi connectivity index (χ2v) is 7.72. The lowest BCUT2D eigenvalue weighted by molar-refractivity contribution is 0.0954. The highest BCUT2D eigenvalue weighted by molar-refractivity contribution is 6.10. The van der Waals surface area contributed by atoms with E-state index in [4.69, 9.17) is 4.42 Å². The molecule has 2 heterocycles. The molecule has 1 aromatic carbocycles. The number of nitrogens with zero attached hydrogens (tertiary/aromatic N) is 2. The van der Waals surface area contributed by atoms with Gasteiger partial charge in [-0.2, -0.15) is 0 Å². The molecule has 1 fully saturated rings. The first-order valence-electron chi connectivity index (χ1n) is 9.42. The van der Waals surface area contributed by atoms with Gasteiger partial charge in [0.2, 0.25) is 5.71 Å². The van der Waals surface area contributed by atoms with Gasteiger partial charge < -0.3 is 15.1 Å². The summed E-state index contributed by atoms with van der Waals surface area (Å²) >= 11 is 0. The Morgan fingerprint density at radius 3 is 2.82 bits per heavy atom. The highest BCUT2D eigenvalue weighted by Crippen LogP contribution is 2.40. The van der Waals surface area contributed by atoms with Gasteiger partial charge in [0, 0.05) is 12.1 Å². The van der Waals surface area contributed by atoms with E-state index in [1.165, 1.54) is 12.4 Å². The highest BCUT2D eigenvalue weighted by atomic mass is 19.1. The number of furan rings is 1. The molecule has 7 heteroatoms. The van der Waals surface area contributed by atoms with Crippen molar-refractivity contribution in [2.45, 2.75) is 45.6 Å². The van der Waals surface area contributed by atoms with Crippen molar-refractivity contribution in [1.29, 1.82) is 0 Å². The SMILES string of the molecule is Cc1ccc(F)c(CCNC(=O)c2c(C)oc3ncnc(NC4(C)CC4)c23)c1. The molecule has 0 unspecified atom stereocenters. The van der Waals surface area contributed by atoms with Gasteiger partial charge in [0.05, 0.1) is 10.9 Å². The van der Waals surface area contributed by atoms with E-state index in [0.717, 1.165) is 18.4 Å². The Morgan fingerprint density at radius 1 is 1.29 bits per heavy atom. The van der Waals surface area contributed by atoms with Crippen LogP contribution in [-0.2, 0) is 6.42 Å². The van der Waals surface area contributed by atoms with Crippen molar-refractivity contribution in [3.63, 3.8) is 0 Å². The van der Waals surface area contributed by atoms with Crippen LogP contribution in [0.25, 0.3) is 11.1 Å². The third kappa shape index (κ3) is 3.56. The summed E-state index contributed by atoms with van der Waals surface area (Å²) in [5.41, 5.74) is 2.38. The predicted molar refractivity (Wildman–Crippen MR) is 105 cm³/mol. The van der Waals surface area contributed by atoms with Crippen LogP contribution in [0.2, 0.25) is 0 Å². The summed E-state index contributed by atoms with van der Waals surface area (Å²) in [6.07, 6.45) is 3.95. The van der Waals surface area contributed by atoms with Gasteiger partial charge in [-0.25, -0.2) is 14.4 Å². The fraction of sp³-hybridized carbons (Fsp3) is 0.381. The second kappa shape index (κ2) is 6.89. The minimum Gasteiger partial charge on any atom is -0.442 e. The van der Waals surface area contributed by atoms with Gasteiger partial charge in [0.1, 0.15) is 23.7 Å². The van der Waals surface area contributed by atoms with E-state index < -0.39 is 0 Å². The Hall–Kier alpha value is -2.96. The molecule has 28 heavy (non-hydrogen) atoms. The molecule has 0 atom stereocenters. The summed E-state index contributed by atoms with van der Waals surface area (Å²) in [4.78, 5) is 21.4. The maximum absolute atomic E-state index is 13.9. The quantitative estimate of drug-likeness (QED) is 0.676. The number of fused-ring (bicyclic) bond motifs is 1. The predicted octanol–water partition coefficient (Wildman–Crippen LogP) is 3.92. The van der Waals surface area contributed by atoms with Crippen LogP contribution in [0.4, 0.5) is 10.2 Å². The zero-order valence-corrected chi connectivity index (χ0v) is 16.2. The van der Waals surface area contributed by atoms with Crippen LogP contribution >= 0.6 is 0 Å². The van der Waals surface area contributed by atoms with Crippen molar-refractivity contribution in [3.8, 4) is 0 Å². The van der Waals surface area contributed by atoms with Gasteiger partial charge in [-0.3, -0.25) is 4.79 Å². The average Bonchev–Trinajstić information content (AvgIpc) is 3.26. The summed E-state index contributed by atoms with van der Waals surface area (Å²) in [6.45, 7) is 6.08. The third-order valence-electron chi connectivity index (χ3n) is 5.19. The van der Waals surface area contributed by atoms with Crippen LogP contribution in [0.5, 0.6) is 0 Å². The molecular formula is C21H23FN4O2. The number of amides is 1. The number of carbonyl (C=O) groups is 1. The molecule has 0 saturated heterocycles. The molecule has 0 radical (unpaired) electrons. The Morgan fingerprint density at radius 2 is 2.07 bits per heavy atom. The topological polar surface area (TPSA) is 80.1 Å². The smallest absolute Gasteiger partial charge is 0.255 e. The Bertz CT molecular complexity index is 1060. The minimum absolute atomic E-state index is 0.00288. The van der Waals surface area contributed by atoms with Gasteiger partial charge in [-0.05, 0) is 51.7 Å². The van der Waals surface area contributed by atoms with E-state index in [2.05, 4.69) is 27.5 Å². The molecule has 0 aliphatic heterocycles. The largest absolute Gasteiger partial charge is 0.442 e. The van der Waals surface area contributed by atoms with Gasteiger partial charge in [-0.15, -0.1) is 0 Å². The first-order valence-corrected chi connectivity index (χ1v) is 9.42. The van der Waals surface area contributed by atoms with Crippen molar-refractivity contribution < 1.29 is 13.6 Å². The number of halogens is 1. The molecule has 1 aliphatic rings. The lowest BCUT2D eigenvalue weighted by Gasteiger charge is -2.13. The zero-order chi connectivity index (χ0) is 19.9. The number of aryl methyl sites for hydroxylation is 2. The number of aromatic nitrogens is 2. The van der Waals surface area contributed by atoms with Gasteiger partial charge >= 0.3 is 0 Å². The van der Waals surface area contributed by atoms with Crippen molar-refractivity contribution in [2.24, 2.45) is 0 Å². The Kier molecular flexibility index (Phi) is 4.53. The van der Waals surface area contributed by atoms with Crippen LogP contribution in [0.15, 0.2) is 28.9 Å². The number of rotatable bonds is 6. The van der Waals surface area contributed by atoms with Gasteiger partial charge in [0.25, 0.3) is 5.91 Å².